The molecule has 4 heteroatoms. The Hall–Kier alpha value is -0.770. The molecule has 1 heterocycles. The summed E-state index contributed by atoms with van der Waals surface area (Å²) in [6.07, 6.45) is 1.66. The first-order chi connectivity index (χ1) is 5.92. The summed E-state index contributed by atoms with van der Waals surface area (Å²) in [6, 6.07) is -0.0139. The highest BCUT2D eigenvalue weighted by Gasteiger charge is 2.31. The van der Waals surface area contributed by atoms with Gasteiger partial charge in [0.2, 0.25) is 0 Å². The molecule has 0 aromatic carbocycles. The topological polar surface area (TPSA) is 43.8 Å². The number of β-amino-alcohol motifs (C(OH)–C–C–N with tert-alkyl or cyclic N) is 1. The third-order valence-electron chi connectivity index (χ3n) is 2.33. The van der Waals surface area contributed by atoms with Gasteiger partial charge in [-0.1, -0.05) is 0 Å². The average molecular weight is 186 g/mol. The summed E-state index contributed by atoms with van der Waals surface area (Å²) in [5.41, 5.74) is -0.704. The molecule has 0 spiro atoms. The molecule has 0 radical (unpaired) electrons. The second kappa shape index (κ2) is 3.54. The summed E-state index contributed by atoms with van der Waals surface area (Å²) in [6.45, 7) is 2.99. The highest BCUT2D eigenvalue weighted by atomic mass is 16.3. The van der Waals surface area contributed by atoms with Crippen molar-refractivity contribution >= 4 is 6.03 Å². The minimum Gasteiger partial charge on any atom is -0.388 e. The maximum atomic E-state index is 11.5. The lowest BCUT2D eigenvalue weighted by Crippen LogP contribution is -2.51. The van der Waals surface area contributed by atoms with Crippen molar-refractivity contribution in [3.8, 4) is 0 Å². The minimum absolute atomic E-state index is 0.0139. The first-order valence-electron chi connectivity index (χ1n) is 4.61. The van der Waals surface area contributed by atoms with Crippen LogP contribution in [0.3, 0.4) is 0 Å². The normalized spacial score (nSPS) is 28.8. The van der Waals surface area contributed by atoms with E-state index in [4.69, 9.17) is 0 Å². The van der Waals surface area contributed by atoms with Gasteiger partial charge in [-0.15, -0.1) is 0 Å². The number of hydrogen-bond acceptors (Lipinski definition) is 2. The number of hydrogen-bond donors (Lipinski definition) is 1. The van der Waals surface area contributed by atoms with Crippen molar-refractivity contribution in [2.24, 2.45) is 0 Å². The molecule has 4 nitrogen and oxygen atoms in total. The fourth-order valence-electron chi connectivity index (χ4n) is 1.67. The fourth-order valence-corrected chi connectivity index (χ4v) is 1.67. The van der Waals surface area contributed by atoms with E-state index in [2.05, 4.69) is 0 Å². The van der Waals surface area contributed by atoms with Crippen LogP contribution in [0.15, 0.2) is 0 Å². The van der Waals surface area contributed by atoms with E-state index in [0.29, 0.717) is 6.54 Å². The van der Waals surface area contributed by atoms with Crippen LogP contribution in [0.25, 0.3) is 0 Å². The van der Waals surface area contributed by atoms with Crippen LogP contribution >= 0.6 is 0 Å². The highest BCUT2D eigenvalue weighted by Crippen LogP contribution is 2.20. The second-order valence-corrected chi connectivity index (χ2v) is 4.20. The summed E-state index contributed by atoms with van der Waals surface area (Å²) in [4.78, 5) is 14.8. The van der Waals surface area contributed by atoms with E-state index in [0.717, 1.165) is 19.4 Å². The van der Waals surface area contributed by atoms with Gasteiger partial charge in [-0.05, 0) is 19.8 Å². The first-order valence-corrected chi connectivity index (χ1v) is 4.61. The summed E-state index contributed by atoms with van der Waals surface area (Å²) >= 11 is 0. The molecular formula is C9H18N2O2. The minimum atomic E-state index is -0.704. The van der Waals surface area contributed by atoms with Crippen molar-refractivity contribution in [2.75, 3.05) is 27.2 Å². The Bertz CT molecular complexity index is 202. The predicted molar refractivity (Wildman–Crippen MR) is 50.5 cm³/mol. The van der Waals surface area contributed by atoms with E-state index in [1.165, 1.54) is 0 Å². The zero-order valence-corrected chi connectivity index (χ0v) is 8.58. The smallest absolute Gasteiger partial charge is 0.319 e. The van der Waals surface area contributed by atoms with E-state index in [-0.39, 0.29) is 6.03 Å². The lowest BCUT2D eigenvalue weighted by molar-refractivity contribution is -0.00582. The molecule has 13 heavy (non-hydrogen) atoms. The zero-order chi connectivity index (χ0) is 10.1. The average Bonchev–Trinajstić information content (AvgIpc) is 2.01. The lowest BCUT2D eigenvalue weighted by Gasteiger charge is -2.37. The molecule has 1 rings (SSSR count). The van der Waals surface area contributed by atoms with E-state index in [1.807, 2.05) is 0 Å². The summed E-state index contributed by atoms with van der Waals surface area (Å²) in [5.74, 6) is 0. The molecule has 1 saturated heterocycles. The van der Waals surface area contributed by atoms with Crippen LogP contribution < -0.4 is 0 Å². The Labute approximate surface area is 79.1 Å². The molecule has 0 bridgehead atoms. The lowest BCUT2D eigenvalue weighted by atomic mass is 9.95. The number of piperidine rings is 1. The molecule has 1 fully saturated rings. The number of carbonyl (C=O) groups is 1. The van der Waals surface area contributed by atoms with Crippen molar-refractivity contribution in [3.05, 3.63) is 0 Å². The van der Waals surface area contributed by atoms with Gasteiger partial charge in [-0.25, -0.2) is 4.79 Å². The molecule has 1 aliphatic heterocycles. The molecule has 1 aliphatic rings. The monoisotopic (exact) mass is 186 g/mol. The Balaban J connectivity index is 2.57. The maximum absolute atomic E-state index is 11.5. The number of rotatable bonds is 0. The predicted octanol–water partition coefficient (Wildman–Crippen LogP) is 0.515. The van der Waals surface area contributed by atoms with Gasteiger partial charge in [-0.2, -0.15) is 0 Å². The third-order valence-corrected chi connectivity index (χ3v) is 2.33. The fraction of sp³-hybridized carbons (Fsp3) is 0.889. The van der Waals surface area contributed by atoms with Crippen LogP contribution in [0.5, 0.6) is 0 Å². The molecule has 2 amide bonds. The summed E-state index contributed by atoms with van der Waals surface area (Å²) in [7, 11) is 3.46. The van der Waals surface area contributed by atoms with Gasteiger partial charge in [0, 0.05) is 20.6 Å². The van der Waals surface area contributed by atoms with Crippen molar-refractivity contribution in [3.63, 3.8) is 0 Å². The Kier molecular flexibility index (Phi) is 2.81. The number of urea groups is 1. The van der Waals surface area contributed by atoms with E-state index in [9.17, 15) is 9.90 Å². The standard InChI is InChI=1S/C9H18N2O2/c1-9(13)5-4-6-11(7-9)8(12)10(2)3/h13H,4-7H2,1-3H3. The van der Waals surface area contributed by atoms with E-state index in [1.54, 1.807) is 30.8 Å². The van der Waals surface area contributed by atoms with Gasteiger partial charge in [-0.3, -0.25) is 0 Å². The van der Waals surface area contributed by atoms with E-state index < -0.39 is 5.60 Å². The highest BCUT2D eigenvalue weighted by molar-refractivity contribution is 5.74. The Morgan fingerprint density at radius 3 is 2.62 bits per heavy atom. The molecule has 0 aromatic rings. The van der Waals surface area contributed by atoms with Crippen LogP contribution in [0, 0.1) is 0 Å². The molecule has 1 atom stereocenters. The van der Waals surface area contributed by atoms with Crippen molar-refractivity contribution in [1.82, 2.24) is 9.80 Å². The van der Waals surface area contributed by atoms with Gasteiger partial charge >= 0.3 is 6.03 Å². The SMILES string of the molecule is CN(C)C(=O)N1CCCC(C)(O)C1. The number of amides is 2. The Morgan fingerprint density at radius 1 is 1.54 bits per heavy atom. The number of nitrogens with zero attached hydrogens (tertiary/aromatic N) is 2. The molecule has 0 saturated carbocycles. The number of carbonyl (C=O) groups excluding carboxylic acids is 1. The molecule has 1 unspecified atom stereocenters. The first kappa shape index (κ1) is 10.3. The number of aliphatic hydroxyl groups is 1. The summed E-state index contributed by atoms with van der Waals surface area (Å²) in [5, 5.41) is 9.76. The largest absolute Gasteiger partial charge is 0.388 e. The second-order valence-electron chi connectivity index (χ2n) is 4.20. The van der Waals surface area contributed by atoms with Gasteiger partial charge in [0.15, 0.2) is 0 Å². The summed E-state index contributed by atoms with van der Waals surface area (Å²) < 4.78 is 0. The zero-order valence-electron chi connectivity index (χ0n) is 8.58. The third kappa shape index (κ3) is 2.59. The molecule has 0 aromatic heterocycles. The molecule has 0 aliphatic carbocycles. The van der Waals surface area contributed by atoms with Crippen molar-refractivity contribution < 1.29 is 9.90 Å². The van der Waals surface area contributed by atoms with Crippen LogP contribution in [0.2, 0.25) is 0 Å². The van der Waals surface area contributed by atoms with Crippen LogP contribution in [-0.2, 0) is 0 Å². The van der Waals surface area contributed by atoms with Crippen LogP contribution in [0.4, 0.5) is 4.79 Å². The van der Waals surface area contributed by atoms with Crippen molar-refractivity contribution in [2.45, 2.75) is 25.4 Å². The molecule has 76 valence electrons. The molecule has 1 N–H and O–H groups in total. The number of likely N-dealkylation sites (tertiary alicyclic amines) is 1. The van der Waals surface area contributed by atoms with Crippen LogP contribution in [-0.4, -0.2) is 53.7 Å². The Morgan fingerprint density at radius 2 is 2.15 bits per heavy atom. The van der Waals surface area contributed by atoms with Crippen LogP contribution in [0.1, 0.15) is 19.8 Å². The van der Waals surface area contributed by atoms with Gasteiger partial charge < -0.3 is 14.9 Å². The van der Waals surface area contributed by atoms with Gasteiger partial charge in [0.1, 0.15) is 0 Å². The van der Waals surface area contributed by atoms with Gasteiger partial charge in [0.25, 0.3) is 0 Å². The van der Waals surface area contributed by atoms with Gasteiger partial charge in [0.05, 0.1) is 12.1 Å². The van der Waals surface area contributed by atoms with Crippen molar-refractivity contribution in [1.29, 1.82) is 0 Å². The van der Waals surface area contributed by atoms with E-state index >= 15 is 0 Å². The quantitative estimate of drug-likeness (QED) is 0.599. The maximum Gasteiger partial charge on any atom is 0.319 e. The molecular weight excluding hydrogens is 168 g/mol.